The Labute approximate surface area is 105 Å². The molecule has 1 heterocycles. The van der Waals surface area contributed by atoms with Gasteiger partial charge in [-0.2, -0.15) is 5.10 Å². The van der Waals surface area contributed by atoms with Gasteiger partial charge in [-0.05, 0) is 42.4 Å². The van der Waals surface area contributed by atoms with E-state index in [0.29, 0.717) is 12.6 Å². The van der Waals surface area contributed by atoms with E-state index in [4.69, 9.17) is 4.74 Å². The lowest BCUT2D eigenvalue weighted by Gasteiger charge is -2.07. The molecule has 1 aromatic heterocycles. The maximum Gasteiger partial charge on any atom is 0.101 e. The summed E-state index contributed by atoms with van der Waals surface area (Å²) in [6.07, 6.45) is 4.26. The van der Waals surface area contributed by atoms with Crippen LogP contribution in [0.15, 0.2) is 6.20 Å². The van der Waals surface area contributed by atoms with Crippen LogP contribution in [0.25, 0.3) is 0 Å². The van der Waals surface area contributed by atoms with Gasteiger partial charge in [0.1, 0.15) is 5.69 Å². The number of aromatic nitrogens is 2. The van der Waals surface area contributed by atoms with Gasteiger partial charge in [-0.1, -0.05) is 13.8 Å². The van der Waals surface area contributed by atoms with Gasteiger partial charge in [0.05, 0.1) is 10.2 Å². The molecule has 1 rings (SSSR count). The lowest BCUT2D eigenvalue weighted by Crippen LogP contribution is -2.05. The monoisotopic (exact) mass is 322 g/mol. The van der Waals surface area contributed by atoms with Crippen molar-refractivity contribution in [2.24, 2.45) is 0 Å². The standard InChI is InChI=1S/C11H19IN2O/c1-4-6-15-8-11-10(12)7-14(13-11)9(3)5-2/h7,9H,4-6,8H2,1-3H3/t9-/m0/s1. The summed E-state index contributed by atoms with van der Waals surface area (Å²) in [7, 11) is 0. The Morgan fingerprint density at radius 2 is 2.27 bits per heavy atom. The van der Waals surface area contributed by atoms with Crippen molar-refractivity contribution in [3.8, 4) is 0 Å². The average molecular weight is 322 g/mol. The minimum atomic E-state index is 0.471. The van der Waals surface area contributed by atoms with Gasteiger partial charge < -0.3 is 4.74 Å². The van der Waals surface area contributed by atoms with Crippen molar-refractivity contribution in [2.75, 3.05) is 6.61 Å². The van der Waals surface area contributed by atoms with Crippen molar-refractivity contribution in [3.05, 3.63) is 15.5 Å². The van der Waals surface area contributed by atoms with Gasteiger partial charge in [-0.15, -0.1) is 0 Å². The molecule has 3 nitrogen and oxygen atoms in total. The number of hydrogen-bond acceptors (Lipinski definition) is 2. The van der Waals surface area contributed by atoms with Crippen LogP contribution in [-0.2, 0) is 11.3 Å². The Kier molecular flexibility index (Phi) is 5.60. The molecule has 0 amide bonds. The lowest BCUT2D eigenvalue weighted by atomic mass is 10.3. The molecule has 0 aromatic carbocycles. The second kappa shape index (κ2) is 6.48. The molecule has 0 aliphatic carbocycles. The molecule has 15 heavy (non-hydrogen) atoms. The fourth-order valence-corrected chi connectivity index (χ4v) is 1.78. The van der Waals surface area contributed by atoms with Crippen LogP contribution in [0, 0.1) is 3.57 Å². The van der Waals surface area contributed by atoms with Gasteiger partial charge in [0.2, 0.25) is 0 Å². The van der Waals surface area contributed by atoms with Crippen LogP contribution in [0.3, 0.4) is 0 Å². The van der Waals surface area contributed by atoms with Gasteiger partial charge in [0.25, 0.3) is 0 Å². The van der Waals surface area contributed by atoms with Crippen molar-refractivity contribution >= 4 is 22.6 Å². The van der Waals surface area contributed by atoms with Crippen LogP contribution in [0.5, 0.6) is 0 Å². The highest BCUT2D eigenvalue weighted by Crippen LogP contribution is 2.16. The molecule has 0 bridgehead atoms. The SMILES string of the molecule is CCCOCc1nn([C@@H](C)CC)cc1I. The molecule has 0 fully saturated rings. The molecule has 86 valence electrons. The molecule has 1 atom stereocenters. The zero-order valence-electron chi connectivity index (χ0n) is 9.66. The second-order valence-corrected chi connectivity index (χ2v) is 4.88. The first kappa shape index (κ1) is 13.0. The largest absolute Gasteiger partial charge is 0.375 e. The molecule has 0 spiro atoms. The van der Waals surface area contributed by atoms with Crippen LogP contribution >= 0.6 is 22.6 Å². The van der Waals surface area contributed by atoms with E-state index in [-0.39, 0.29) is 0 Å². The van der Waals surface area contributed by atoms with Crippen LogP contribution < -0.4 is 0 Å². The minimum Gasteiger partial charge on any atom is -0.375 e. The number of hydrogen-bond donors (Lipinski definition) is 0. The molecule has 0 N–H and O–H groups in total. The molecule has 0 aliphatic rings. The molecule has 0 saturated heterocycles. The van der Waals surface area contributed by atoms with Crippen molar-refractivity contribution < 1.29 is 4.74 Å². The van der Waals surface area contributed by atoms with E-state index < -0.39 is 0 Å². The first-order valence-corrected chi connectivity index (χ1v) is 6.58. The van der Waals surface area contributed by atoms with Gasteiger partial charge in [0, 0.05) is 18.8 Å². The zero-order chi connectivity index (χ0) is 11.3. The van der Waals surface area contributed by atoms with E-state index in [1.165, 1.54) is 3.57 Å². The van der Waals surface area contributed by atoms with E-state index in [9.17, 15) is 0 Å². The molecular formula is C11H19IN2O. The third kappa shape index (κ3) is 3.75. The first-order valence-electron chi connectivity index (χ1n) is 5.50. The van der Waals surface area contributed by atoms with Gasteiger partial charge >= 0.3 is 0 Å². The highest BCUT2D eigenvalue weighted by molar-refractivity contribution is 14.1. The first-order chi connectivity index (χ1) is 7.19. The fourth-order valence-electron chi connectivity index (χ4n) is 1.23. The summed E-state index contributed by atoms with van der Waals surface area (Å²) >= 11 is 2.32. The van der Waals surface area contributed by atoms with Crippen molar-refractivity contribution in [1.29, 1.82) is 0 Å². The summed E-state index contributed by atoms with van der Waals surface area (Å²) < 4.78 is 8.73. The Balaban J connectivity index is 2.60. The summed E-state index contributed by atoms with van der Waals surface area (Å²) in [5.41, 5.74) is 1.06. The van der Waals surface area contributed by atoms with E-state index in [0.717, 1.165) is 25.1 Å². The zero-order valence-corrected chi connectivity index (χ0v) is 11.8. The maximum atomic E-state index is 5.50. The van der Waals surface area contributed by atoms with Gasteiger partial charge in [0.15, 0.2) is 0 Å². The summed E-state index contributed by atoms with van der Waals surface area (Å²) in [6, 6.07) is 0.471. The predicted octanol–water partition coefficient (Wildman–Crippen LogP) is 3.39. The maximum absolute atomic E-state index is 5.50. The van der Waals surface area contributed by atoms with Crippen molar-refractivity contribution in [1.82, 2.24) is 9.78 Å². The van der Waals surface area contributed by atoms with Gasteiger partial charge in [-0.3, -0.25) is 4.68 Å². The minimum absolute atomic E-state index is 0.471. The van der Waals surface area contributed by atoms with Gasteiger partial charge in [-0.25, -0.2) is 0 Å². The second-order valence-electron chi connectivity index (χ2n) is 3.71. The Morgan fingerprint density at radius 1 is 1.53 bits per heavy atom. The van der Waals surface area contributed by atoms with E-state index in [1.807, 2.05) is 4.68 Å². The molecule has 0 unspecified atom stereocenters. The highest BCUT2D eigenvalue weighted by Gasteiger charge is 2.09. The topological polar surface area (TPSA) is 27.1 Å². The van der Waals surface area contributed by atoms with Crippen LogP contribution in [0.2, 0.25) is 0 Å². The Hall–Kier alpha value is -0.100. The predicted molar refractivity (Wildman–Crippen MR) is 69.9 cm³/mol. The normalized spacial score (nSPS) is 13.1. The summed E-state index contributed by atoms with van der Waals surface area (Å²) in [5, 5.41) is 4.54. The summed E-state index contributed by atoms with van der Waals surface area (Å²) in [6.45, 7) is 7.91. The van der Waals surface area contributed by atoms with E-state index in [1.54, 1.807) is 0 Å². The smallest absolute Gasteiger partial charge is 0.101 e. The Morgan fingerprint density at radius 3 is 2.87 bits per heavy atom. The summed E-state index contributed by atoms with van der Waals surface area (Å²) in [4.78, 5) is 0. The number of halogens is 1. The van der Waals surface area contributed by atoms with Crippen molar-refractivity contribution in [2.45, 2.75) is 46.3 Å². The number of rotatable bonds is 6. The molecule has 0 aliphatic heterocycles. The quantitative estimate of drug-likeness (QED) is 0.593. The average Bonchev–Trinajstić information content (AvgIpc) is 2.60. The van der Waals surface area contributed by atoms with E-state index in [2.05, 4.69) is 54.7 Å². The molecule has 0 saturated carbocycles. The molecule has 1 aromatic rings. The summed E-state index contributed by atoms with van der Waals surface area (Å²) in [5.74, 6) is 0. The third-order valence-corrected chi connectivity index (χ3v) is 3.29. The number of nitrogens with zero attached hydrogens (tertiary/aromatic N) is 2. The van der Waals surface area contributed by atoms with Crippen LogP contribution in [-0.4, -0.2) is 16.4 Å². The third-order valence-electron chi connectivity index (χ3n) is 2.39. The van der Waals surface area contributed by atoms with E-state index >= 15 is 0 Å². The van der Waals surface area contributed by atoms with Crippen LogP contribution in [0.1, 0.15) is 45.3 Å². The number of ether oxygens (including phenoxy) is 1. The fraction of sp³-hybridized carbons (Fsp3) is 0.727. The Bertz CT molecular complexity index is 299. The molecule has 0 radical (unpaired) electrons. The molecular weight excluding hydrogens is 303 g/mol. The molecule has 4 heteroatoms. The highest BCUT2D eigenvalue weighted by atomic mass is 127. The lowest BCUT2D eigenvalue weighted by molar-refractivity contribution is 0.118. The van der Waals surface area contributed by atoms with Crippen molar-refractivity contribution in [3.63, 3.8) is 0 Å². The van der Waals surface area contributed by atoms with Crippen LogP contribution in [0.4, 0.5) is 0 Å².